The van der Waals surface area contributed by atoms with Gasteiger partial charge < -0.3 is 9.47 Å². The van der Waals surface area contributed by atoms with Crippen LogP contribution in [0.3, 0.4) is 0 Å². The molecule has 0 unspecified atom stereocenters. The second-order valence-corrected chi connectivity index (χ2v) is 5.45. The highest BCUT2D eigenvalue weighted by atomic mass is 16.6. The zero-order valence-corrected chi connectivity index (χ0v) is 13.2. The van der Waals surface area contributed by atoms with Gasteiger partial charge in [0.25, 0.3) is 0 Å². The van der Waals surface area contributed by atoms with E-state index >= 15 is 0 Å². The molecule has 0 spiro atoms. The second-order valence-electron chi connectivity index (χ2n) is 5.45. The monoisotopic (exact) mass is 320 g/mol. The third-order valence-corrected chi connectivity index (χ3v) is 3.86. The maximum Gasteiger partial charge on any atom is 0.176 e. The number of anilines is 1. The van der Waals surface area contributed by atoms with E-state index in [2.05, 4.69) is 20.7 Å². The van der Waals surface area contributed by atoms with Gasteiger partial charge in [0.2, 0.25) is 0 Å². The van der Waals surface area contributed by atoms with Crippen molar-refractivity contribution in [3.05, 3.63) is 54.2 Å². The second kappa shape index (κ2) is 6.16. The van der Waals surface area contributed by atoms with Crippen LogP contribution in [0.1, 0.15) is 12.5 Å². The SMILES string of the molecule is C/C(=N/Nc1nncc2ccccc12)c1ccc2c(c1)OCCO2. The lowest BCUT2D eigenvalue weighted by molar-refractivity contribution is 0.171. The third kappa shape index (κ3) is 2.74. The molecular formula is C18H16N4O2. The molecule has 120 valence electrons. The van der Waals surface area contributed by atoms with E-state index in [0.29, 0.717) is 19.0 Å². The molecular weight excluding hydrogens is 304 g/mol. The highest BCUT2D eigenvalue weighted by molar-refractivity contribution is 6.00. The molecule has 4 rings (SSSR count). The quantitative estimate of drug-likeness (QED) is 0.593. The van der Waals surface area contributed by atoms with Gasteiger partial charge in [-0.25, -0.2) is 0 Å². The van der Waals surface area contributed by atoms with Gasteiger partial charge in [0.15, 0.2) is 17.3 Å². The predicted octanol–water partition coefficient (Wildman–Crippen LogP) is 3.24. The van der Waals surface area contributed by atoms with E-state index < -0.39 is 0 Å². The first-order valence-electron chi connectivity index (χ1n) is 7.72. The summed E-state index contributed by atoms with van der Waals surface area (Å²) in [7, 11) is 0. The van der Waals surface area contributed by atoms with Crippen LogP contribution < -0.4 is 14.9 Å². The normalized spacial score (nSPS) is 13.8. The highest BCUT2D eigenvalue weighted by Crippen LogP contribution is 2.31. The van der Waals surface area contributed by atoms with Gasteiger partial charge >= 0.3 is 0 Å². The first-order valence-corrected chi connectivity index (χ1v) is 7.72. The van der Waals surface area contributed by atoms with Gasteiger partial charge in [-0.05, 0) is 25.1 Å². The molecule has 3 aromatic rings. The number of nitrogens with one attached hydrogen (secondary N) is 1. The molecule has 0 saturated heterocycles. The number of aromatic nitrogens is 2. The predicted molar refractivity (Wildman–Crippen MR) is 92.8 cm³/mol. The Hall–Kier alpha value is -3.15. The van der Waals surface area contributed by atoms with Crippen molar-refractivity contribution in [2.24, 2.45) is 5.10 Å². The van der Waals surface area contributed by atoms with Crippen molar-refractivity contribution >= 4 is 22.3 Å². The van der Waals surface area contributed by atoms with Crippen molar-refractivity contribution in [1.29, 1.82) is 0 Å². The van der Waals surface area contributed by atoms with Crippen LogP contribution in [0.4, 0.5) is 5.82 Å². The fourth-order valence-corrected chi connectivity index (χ4v) is 2.58. The summed E-state index contributed by atoms with van der Waals surface area (Å²) < 4.78 is 11.1. The van der Waals surface area contributed by atoms with Gasteiger partial charge in [0.05, 0.1) is 11.9 Å². The Morgan fingerprint density at radius 3 is 2.83 bits per heavy atom. The molecule has 0 fully saturated rings. The zero-order valence-electron chi connectivity index (χ0n) is 13.2. The third-order valence-electron chi connectivity index (χ3n) is 3.86. The summed E-state index contributed by atoms with van der Waals surface area (Å²) >= 11 is 0. The number of hydrogen-bond acceptors (Lipinski definition) is 6. The molecule has 1 aliphatic heterocycles. The number of benzene rings is 2. The molecule has 0 atom stereocenters. The van der Waals surface area contributed by atoms with E-state index in [9.17, 15) is 0 Å². The van der Waals surface area contributed by atoms with Crippen molar-refractivity contribution in [3.8, 4) is 11.5 Å². The summed E-state index contributed by atoms with van der Waals surface area (Å²) in [6.45, 7) is 3.08. The van der Waals surface area contributed by atoms with Crippen molar-refractivity contribution in [3.63, 3.8) is 0 Å². The minimum atomic E-state index is 0.566. The molecule has 0 radical (unpaired) electrons. The van der Waals surface area contributed by atoms with Crippen LogP contribution in [0.25, 0.3) is 10.8 Å². The van der Waals surface area contributed by atoms with E-state index in [1.807, 2.05) is 49.4 Å². The topological polar surface area (TPSA) is 68.6 Å². The Morgan fingerprint density at radius 1 is 1.08 bits per heavy atom. The molecule has 0 saturated carbocycles. The summed E-state index contributed by atoms with van der Waals surface area (Å²) in [5, 5.41) is 14.6. The first-order chi connectivity index (χ1) is 11.8. The summed E-state index contributed by atoms with van der Waals surface area (Å²) in [6.07, 6.45) is 1.73. The summed E-state index contributed by atoms with van der Waals surface area (Å²) in [5.41, 5.74) is 4.79. The lowest BCUT2D eigenvalue weighted by Gasteiger charge is -2.18. The number of hydrazone groups is 1. The van der Waals surface area contributed by atoms with Crippen LogP contribution in [0.15, 0.2) is 53.8 Å². The Kier molecular flexibility index (Phi) is 3.70. The van der Waals surface area contributed by atoms with Crippen LogP contribution >= 0.6 is 0 Å². The van der Waals surface area contributed by atoms with E-state index in [0.717, 1.165) is 33.5 Å². The number of fused-ring (bicyclic) bond motifs is 2. The largest absolute Gasteiger partial charge is 0.486 e. The molecule has 0 aliphatic carbocycles. The highest BCUT2D eigenvalue weighted by Gasteiger charge is 2.12. The average molecular weight is 320 g/mol. The molecule has 2 aromatic carbocycles. The van der Waals surface area contributed by atoms with E-state index in [-0.39, 0.29) is 0 Å². The van der Waals surface area contributed by atoms with Gasteiger partial charge in [0, 0.05) is 16.3 Å². The van der Waals surface area contributed by atoms with Gasteiger partial charge in [-0.15, -0.1) is 5.10 Å². The Morgan fingerprint density at radius 2 is 1.92 bits per heavy atom. The molecule has 0 amide bonds. The van der Waals surface area contributed by atoms with Crippen molar-refractivity contribution < 1.29 is 9.47 Å². The van der Waals surface area contributed by atoms with Gasteiger partial charge in [0.1, 0.15) is 13.2 Å². The van der Waals surface area contributed by atoms with Crippen LogP contribution in [0.2, 0.25) is 0 Å². The van der Waals surface area contributed by atoms with Gasteiger partial charge in [-0.1, -0.05) is 24.3 Å². The standard InChI is InChI=1S/C18H16N4O2/c1-12(13-6-7-16-17(10-13)24-9-8-23-16)20-22-18-15-5-3-2-4-14(15)11-19-21-18/h2-7,10-11H,8-9H2,1H3,(H,21,22)/b20-12-. The summed E-state index contributed by atoms with van der Waals surface area (Å²) in [6, 6.07) is 13.7. The van der Waals surface area contributed by atoms with Crippen LogP contribution in [0, 0.1) is 0 Å². The number of hydrogen-bond donors (Lipinski definition) is 1. The van der Waals surface area contributed by atoms with E-state index in [4.69, 9.17) is 9.47 Å². The number of ether oxygens (including phenoxy) is 2. The zero-order chi connectivity index (χ0) is 16.4. The smallest absolute Gasteiger partial charge is 0.176 e. The van der Waals surface area contributed by atoms with Crippen LogP contribution in [0.5, 0.6) is 11.5 Å². The average Bonchev–Trinajstić information content (AvgIpc) is 2.65. The molecule has 1 aromatic heterocycles. The van der Waals surface area contributed by atoms with Crippen LogP contribution in [-0.2, 0) is 0 Å². The van der Waals surface area contributed by atoms with Crippen molar-refractivity contribution in [2.75, 3.05) is 18.6 Å². The molecule has 1 N–H and O–H groups in total. The maximum absolute atomic E-state index is 5.61. The maximum atomic E-state index is 5.61. The van der Waals surface area contributed by atoms with E-state index in [1.54, 1.807) is 6.20 Å². The molecule has 6 nitrogen and oxygen atoms in total. The molecule has 2 heterocycles. The number of rotatable bonds is 3. The lowest BCUT2D eigenvalue weighted by Crippen LogP contribution is -2.15. The Labute approximate surface area is 139 Å². The van der Waals surface area contributed by atoms with Crippen LogP contribution in [-0.4, -0.2) is 29.1 Å². The number of nitrogens with zero attached hydrogens (tertiary/aromatic N) is 3. The van der Waals surface area contributed by atoms with Crippen molar-refractivity contribution in [2.45, 2.75) is 6.92 Å². The molecule has 0 bridgehead atoms. The minimum Gasteiger partial charge on any atom is -0.486 e. The molecule has 1 aliphatic rings. The fourth-order valence-electron chi connectivity index (χ4n) is 2.58. The molecule has 24 heavy (non-hydrogen) atoms. The lowest BCUT2D eigenvalue weighted by atomic mass is 10.1. The van der Waals surface area contributed by atoms with E-state index in [1.165, 1.54) is 0 Å². The Balaban J connectivity index is 1.61. The molecule has 6 heteroatoms. The van der Waals surface area contributed by atoms with Crippen molar-refractivity contribution in [1.82, 2.24) is 10.2 Å². The van der Waals surface area contributed by atoms with Gasteiger partial charge in [-0.3, -0.25) is 5.43 Å². The first kappa shape index (κ1) is 14.4. The summed E-state index contributed by atoms with van der Waals surface area (Å²) in [4.78, 5) is 0. The van der Waals surface area contributed by atoms with Gasteiger partial charge in [-0.2, -0.15) is 10.2 Å². The fraction of sp³-hybridized carbons (Fsp3) is 0.167. The summed E-state index contributed by atoms with van der Waals surface area (Å²) in [5.74, 6) is 2.15. The minimum absolute atomic E-state index is 0.566. The Bertz CT molecular complexity index is 919.